The zero-order valence-electron chi connectivity index (χ0n) is 13.0. The fourth-order valence-corrected chi connectivity index (χ4v) is 1.66. The van der Waals surface area contributed by atoms with Gasteiger partial charge in [-0.25, -0.2) is 4.99 Å². The summed E-state index contributed by atoms with van der Waals surface area (Å²) in [6.45, 7) is 3.55. The number of benzene rings is 1. The molecular weight excluding hydrogens is 314 g/mol. The number of hydrogen-bond acceptors (Lipinski definition) is 7. The van der Waals surface area contributed by atoms with Crippen molar-refractivity contribution < 1.29 is 14.5 Å². The molecule has 9 heteroatoms. The Labute approximate surface area is 137 Å². The highest BCUT2D eigenvalue weighted by Gasteiger charge is 2.10. The van der Waals surface area contributed by atoms with Gasteiger partial charge in [-0.1, -0.05) is 17.7 Å². The van der Waals surface area contributed by atoms with Crippen molar-refractivity contribution in [3.05, 3.63) is 57.8 Å². The van der Waals surface area contributed by atoms with E-state index in [0.29, 0.717) is 11.4 Å². The van der Waals surface area contributed by atoms with Crippen molar-refractivity contribution in [2.45, 2.75) is 13.8 Å². The molecule has 1 aromatic carbocycles. The van der Waals surface area contributed by atoms with E-state index in [1.165, 1.54) is 18.3 Å². The minimum atomic E-state index is -0.645. The first-order chi connectivity index (χ1) is 11.5. The summed E-state index contributed by atoms with van der Waals surface area (Å²) in [6.07, 6.45) is 1.22. The lowest BCUT2D eigenvalue weighted by Gasteiger charge is -2.03. The van der Waals surface area contributed by atoms with Crippen molar-refractivity contribution >= 4 is 29.3 Å². The van der Waals surface area contributed by atoms with E-state index in [1.807, 2.05) is 24.5 Å². The normalized spacial score (nSPS) is 12.6. The lowest BCUT2D eigenvalue weighted by atomic mass is 10.2. The van der Waals surface area contributed by atoms with E-state index in [1.54, 1.807) is 19.1 Å². The molecule has 0 fully saturated rings. The maximum atomic E-state index is 10.5. The molecule has 0 aliphatic carbocycles. The summed E-state index contributed by atoms with van der Waals surface area (Å²) >= 11 is 0. The Hall–Kier alpha value is -3.33. The van der Waals surface area contributed by atoms with Crippen molar-refractivity contribution in [1.29, 1.82) is 0 Å². The number of aliphatic imine (C=N–C) groups is 1. The maximum absolute atomic E-state index is 10.5. The van der Waals surface area contributed by atoms with Gasteiger partial charge in [0.05, 0.1) is 18.0 Å². The molecule has 0 aliphatic rings. The first-order valence-electron chi connectivity index (χ1n) is 6.87. The molecule has 0 radical (unpaired) electrons. The van der Waals surface area contributed by atoms with E-state index in [9.17, 15) is 15.3 Å². The second-order valence-corrected chi connectivity index (χ2v) is 4.77. The molecule has 0 bridgehead atoms. The highest BCUT2D eigenvalue weighted by atomic mass is 16.6. The number of furan rings is 1. The van der Waals surface area contributed by atoms with Gasteiger partial charge in [-0.15, -0.1) is 0 Å². The molecule has 24 heavy (non-hydrogen) atoms. The van der Waals surface area contributed by atoms with Crippen molar-refractivity contribution in [3.8, 4) is 0 Å². The van der Waals surface area contributed by atoms with Crippen LogP contribution in [-0.4, -0.2) is 27.9 Å². The van der Waals surface area contributed by atoms with Gasteiger partial charge in [-0.2, -0.15) is 10.2 Å². The largest absolute Gasteiger partial charge is 0.433 e. The van der Waals surface area contributed by atoms with E-state index >= 15 is 0 Å². The maximum Gasteiger partial charge on any atom is 0.433 e. The minimum Gasteiger partial charge on any atom is -0.400 e. The molecule has 0 saturated carbocycles. The second-order valence-electron chi connectivity index (χ2n) is 4.77. The average molecular weight is 329 g/mol. The Balaban J connectivity index is 2.13. The van der Waals surface area contributed by atoms with E-state index in [2.05, 4.69) is 15.2 Å². The molecule has 124 valence electrons. The standard InChI is InChI=1S/C15H15N5O4/c1-10-3-5-12(6-4-10)17-15(19-21)11(2)18-16-9-13-7-8-14(24-13)20(22)23/h3-9,21H,1-2H3,(H,17,19)/b16-9-,18-11+. The topological polar surface area (TPSA) is 126 Å². The molecule has 1 heterocycles. The van der Waals surface area contributed by atoms with Crippen LogP contribution in [0.5, 0.6) is 0 Å². The Kier molecular flexibility index (Phi) is 5.53. The third-order valence-corrected chi connectivity index (χ3v) is 2.91. The Bertz CT molecular complexity index is 806. The second kappa shape index (κ2) is 7.79. The molecule has 0 aliphatic heterocycles. The van der Waals surface area contributed by atoms with E-state index in [0.717, 1.165) is 5.56 Å². The van der Waals surface area contributed by atoms with Gasteiger partial charge in [-0.05, 0) is 32.0 Å². The predicted octanol–water partition coefficient (Wildman–Crippen LogP) is 3.00. The van der Waals surface area contributed by atoms with Crippen LogP contribution >= 0.6 is 0 Å². The van der Waals surface area contributed by atoms with Crippen LogP contribution < -0.4 is 5.48 Å². The van der Waals surface area contributed by atoms with Crippen LogP contribution in [-0.2, 0) is 0 Å². The third-order valence-electron chi connectivity index (χ3n) is 2.91. The highest BCUT2D eigenvalue weighted by molar-refractivity contribution is 6.40. The van der Waals surface area contributed by atoms with Gasteiger partial charge in [0.15, 0.2) is 11.6 Å². The fourth-order valence-electron chi connectivity index (χ4n) is 1.66. The zero-order valence-corrected chi connectivity index (χ0v) is 13.0. The van der Waals surface area contributed by atoms with Gasteiger partial charge in [0.1, 0.15) is 10.6 Å². The summed E-state index contributed by atoms with van der Waals surface area (Å²) in [7, 11) is 0. The number of hydrogen-bond donors (Lipinski definition) is 2. The smallest absolute Gasteiger partial charge is 0.400 e. The average Bonchev–Trinajstić information content (AvgIpc) is 3.03. The van der Waals surface area contributed by atoms with Crippen molar-refractivity contribution in [2.75, 3.05) is 0 Å². The van der Waals surface area contributed by atoms with Crippen molar-refractivity contribution in [3.63, 3.8) is 0 Å². The molecule has 2 rings (SSSR count). The van der Waals surface area contributed by atoms with Gasteiger partial charge in [0, 0.05) is 0 Å². The number of amidine groups is 1. The summed E-state index contributed by atoms with van der Waals surface area (Å²) in [5.41, 5.74) is 4.01. The van der Waals surface area contributed by atoms with Crippen LogP contribution in [0.1, 0.15) is 18.2 Å². The van der Waals surface area contributed by atoms with Crippen LogP contribution in [0.2, 0.25) is 0 Å². The van der Waals surface area contributed by atoms with Gasteiger partial charge >= 0.3 is 5.88 Å². The molecule has 0 spiro atoms. The molecule has 0 unspecified atom stereocenters. The van der Waals surface area contributed by atoms with E-state index in [-0.39, 0.29) is 17.5 Å². The van der Waals surface area contributed by atoms with Gasteiger partial charge in [0.25, 0.3) is 0 Å². The monoisotopic (exact) mass is 329 g/mol. The van der Waals surface area contributed by atoms with Gasteiger partial charge < -0.3 is 4.42 Å². The lowest BCUT2D eigenvalue weighted by molar-refractivity contribution is -0.402. The van der Waals surface area contributed by atoms with E-state index in [4.69, 9.17) is 4.42 Å². The minimum absolute atomic E-state index is 0.126. The highest BCUT2D eigenvalue weighted by Crippen LogP contribution is 2.14. The summed E-state index contributed by atoms with van der Waals surface area (Å²) < 4.78 is 4.91. The Morgan fingerprint density at radius 3 is 2.58 bits per heavy atom. The number of nitro groups is 1. The first-order valence-corrected chi connectivity index (χ1v) is 6.87. The molecule has 9 nitrogen and oxygen atoms in total. The number of nitrogens with one attached hydrogen (secondary N) is 1. The summed E-state index contributed by atoms with van der Waals surface area (Å²) in [5, 5.41) is 27.3. The molecule has 2 N–H and O–H groups in total. The molecule has 0 atom stereocenters. The van der Waals surface area contributed by atoms with Crippen molar-refractivity contribution in [2.24, 2.45) is 15.2 Å². The van der Waals surface area contributed by atoms with Crippen molar-refractivity contribution in [1.82, 2.24) is 5.48 Å². The quantitative estimate of drug-likeness (QED) is 0.377. The Morgan fingerprint density at radius 1 is 1.29 bits per heavy atom. The van der Waals surface area contributed by atoms with Gasteiger partial charge in [-0.3, -0.25) is 20.8 Å². The molecule has 1 aromatic heterocycles. The van der Waals surface area contributed by atoms with Crippen LogP contribution in [0.4, 0.5) is 11.6 Å². The fraction of sp³-hybridized carbons (Fsp3) is 0.133. The number of rotatable bonds is 5. The zero-order chi connectivity index (χ0) is 17.5. The lowest BCUT2D eigenvalue weighted by Crippen LogP contribution is -2.26. The molecule has 0 amide bonds. The Morgan fingerprint density at radius 2 is 2.00 bits per heavy atom. The first kappa shape index (κ1) is 17.0. The third kappa shape index (κ3) is 4.58. The van der Waals surface area contributed by atoms with E-state index < -0.39 is 4.92 Å². The van der Waals surface area contributed by atoms with Gasteiger partial charge in [0.2, 0.25) is 0 Å². The summed E-state index contributed by atoms with van der Waals surface area (Å²) in [6, 6.07) is 10.00. The number of nitrogens with zero attached hydrogens (tertiary/aromatic N) is 4. The van der Waals surface area contributed by atoms with Crippen LogP contribution in [0, 0.1) is 17.0 Å². The SMILES string of the molecule is C/C(=N\N=C/c1ccc([N+](=O)[O-])o1)C(=Nc1ccc(C)cc1)NO. The summed E-state index contributed by atoms with van der Waals surface area (Å²) in [5.74, 6) is -0.0653. The molecule has 2 aromatic rings. The van der Waals surface area contributed by atoms with Crippen LogP contribution in [0.25, 0.3) is 0 Å². The molecule has 0 saturated heterocycles. The molecular formula is C15H15N5O4. The predicted molar refractivity (Wildman–Crippen MR) is 89.3 cm³/mol. The number of hydroxylamine groups is 1. The van der Waals surface area contributed by atoms with Crippen LogP contribution in [0.15, 0.2) is 56.0 Å². The van der Waals surface area contributed by atoms with Crippen LogP contribution in [0.3, 0.4) is 0 Å². The summed E-state index contributed by atoms with van der Waals surface area (Å²) in [4.78, 5) is 14.1. The number of aryl methyl sites for hydroxylation is 1.